The summed E-state index contributed by atoms with van der Waals surface area (Å²) in [5.41, 5.74) is 0. The van der Waals surface area contributed by atoms with Crippen LogP contribution in [0, 0.1) is 0 Å². The lowest BCUT2D eigenvalue weighted by Crippen LogP contribution is -2.46. The summed E-state index contributed by atoms with van der Waals surface area (Å²) in [5, 5.41) is 12.8. The van der Waals surface area contributed by atoms with Crippen LogP contribution in [0.4, 0.5) is 0 Å². The van der Waals surface area contributed by atoms with Gasteiger partial charge in [0, 0.05) is 25.6 Å². The van der Waals surface area contributed by atoms with Gasteiger partial charge in [-0.25, -0.2) is 5.01 Å². The highest BCUT2D eigenvalue weighted by molar-refractivity contribution is 5.78. The smallest absolute Gasteiger partial charge is 0.238 e. The third-order valence-corrected chi connectivity index (χ3v) is 3.17. The molecule has 0 radical (unpaired) electrons. The molecular weight excluding hydrogens is 180 g/mol. The second kappa shape index (κ2) is 4.28. The number of hydrogen-bond acceptors (Lipinski definition) is 3. The Bertz CT molecular complexity index is 214. The lowest BCUT2D eigenvalue weighted by Gasteiger charge is -2.32. The largest absolute Gasteiger partial charge is 0.395 e. The molecule has 1 saturated carbocycles. The van der Waals surface area contributed by atoms with Gasteiger partial charge in [-0.2, -0.15) is 0 Å². The Balaban J connectivity index is 2.00. The fourth-order valence-corrected chi connectivity index (χ4v) is 2.52. The van der Waals surface area contributed by atoms with Crippen LogP contribution in [0.15, 0.2) is 0 Å². The summed E-state index contributed by atoms with van der Waals surface area (Å²) >= 11 is 0. The summed E-state index contributed by atoms with van der Waals surface area (Å²) in [6.45, 7) is 1.52. The molecule has 1 heterocycles. The van der Waals surface area contributed by atoms with E-state index in [1.54, 1.807) is 0 Å². The molecule has 0 aromatic heterocycles. The van der Waals surface area contributed by atoms with Crippen LogP contribution in [-0.4, -0.2) is 46.8 Å². The van der Waals surface area contributed by atoms with Gasteiger partial charge in [-0.3, -0.25) is 9.80 Å². The van der Waals surface area contributed by atoms with E-state index in [4.69, 9.17) is 5.11 Å². The summed E-state index contributed by atoms with van der Waals surface area (Å²) in [6, 6.07) is 0.413. The van der Waals surface area contributed by atoms with Gasteiger partial charge in [0.1, 0.15) is 0 Å². The molecule has 0 aromatic rings. The SMILES string of the molecule is O=C1CCN(CCO)N1C1CCCC1. The minimum atomic E-state index is 0.135. The quantitative estimate of drug-likeness (QED) is 0.712. The van der Waals surface area contributed by atoms with E-state index in [1.165, 1.54) is 12.8 Å². The molecule has 0 bridgehead atoms. The predicted molar refractivity (Wildman–Crippen MR) is 52.4 cm³/mol. The van der Waals surface area contributed by atoms with Crippen LogP contribution in [0.1, 0.15) is 32.1 Å². The number of rotatable bonds is 3. The number of amides is 1. The monoisotopic (exact) mass is 198 g/mol. The summed E-state index contributed by atoms with van der Waals surface area (Å²) in [5.74, 6) is 0.241. The van der Waals surface area contributed by atoms with Crippen LogP contribution < -0.4 is 0 Å². The molecule has 1 aliphatic carbocycles. The number of carbonyl (C=O) groups is 1. The van der Waals surface area contributed by atoms with Crippen LogP contribution >= 0.6 is 0 Å². The van der Waals surface area contributed by atoms with E-state index in [9.17, 15) is 4.79 Å². The van der Waals surface area contributed by atoms with E-state index in [2.05, 4.69) is 0 Å². The van der Waals surface area contributed by atoms with Crippen LogP contribution in [0.5, 0.6) is 0 Å². The molecule has 1 N–H and O–H groups in total. The van der Waals surface area contributed by atoms with Crippen LogP contribution in [0.3, 0.4) is 0 Å². The average Bonchev–Trinajstić information content (AvgIpc) is 2.76. The van der Waals surface area contributed by atoms with E-state index in [-0.39, 0.29) is 12.5 Å². The number of β-amino-alcohol motifs (C(OH)–C–C–N with tert-alkyl or cyclic N) is 1. The maximum atomic E-state index is 11.6. The first kappa shape index (κ1) is 9.93. The molecule has 2 aliphatic rings. The third-order valence-electron chi connectivity index (χ3n) is 3.17. The van der Waals surface area contributed by atoms with Gasteiger partial charge in [0.05, 0.1) is 6.61 Å². The Morgan fingerprint density at radius 1 is 1.36 bits per heavy atom. The number of aliphatic hydroxyl groups excluding tert-OH is 1. The fraction of sp³-hybridized carbons (Fsp3) is 0.900. The van der Waals surface area contributed by atoms with E-state index < -0.39 is 0 Å². The lowest BCUT2D eigenvalue weighted by atomic mass is 10.2. The highest BCUT2D eigenvalue weighted by Crippen LogP contribution is 2.27. The second-order valence-corrected chi connectivity index (χ2v) is 4.10. The van der Waals surface area contributed by atoms with Crippen molar-refractivity contribution in [2.24, 2.45) is 0 Å². The summed E-state index contributed by atoms with van der Waals surface area (Å²) in [4.78, 5) is 11.6. The highest BCUT2D eigenvalue weighted by Gasteiger charge is 2.35. The zero-order chi connectivity index (χ0) is 9.97. The van der Waals surface area contributed by atoms with Gasteiger partial charge in [-0.05, 0) is 12.8 Å². The molecule has 80 valence electrons. The number of hydrazine groups is 1. The van der Waals surface area contributed by atoms with E-state index in [0.717, 1.165) is 19.4 Å². The number of aliphatic hydroxyl groups is 1. The topological polar surface area (TPSA) is 43.8 Å². The molecule has 14 heavy (non-hydrogen) atoms. The molecule has 2 rings (SSSR count). The van der Waals surface area contributed by atoms with Crippen molar-refractivity contribution in [3.63, 3.8) is 0 Å². The Hall–Kier alpha value is -0.610. The molecule has 0 atom stereocenters. The molecule has 1 saturated heterocycles. The van der Waals surface area contributed by atoms with E-state index in [0.29, 0.717) is 19.0 Å². The molecule has 0 spiro atoms. The van der Waals surface area contributed by atoms with Crippen molar-refractivity contribution in [1.29, 1.82) is 0 Å². The first-order valence-electron chi connectivity index (χ1n) is 5.50. The molecule has 1 amide bonds. The lowest BCUT2D eigenvalue weighted by molar-refractivity contribution is -0.143. The number of carbonyl (C=O) groups excluding carboxylic acids is 1. The number of nitrogens with zero attached hydrogens (tertiary/aromatic N) is 2. The van der Waals surface area contributed by atoms with E-state index in [1.807, 2.05) is 10.0 Å². The van der Waals surface area contributed by atoms with Crippen molar-refractivity contribution in [2.45, 2.75) is 38.1 Å². The van der Waals surface area contributed by atoms with Crippen LogP contribution in [-0.2, 0) is 4.79 Å². The summed E-state index contributed by atoms with van der Waals surface area (Å²) < 4.78 is 0. The first-order valence-corrected chi connectivity index (χ1v) is 5.50. The fourth-order valence-electron chi connectivity index (χ4n) is 2.52. The van der Waals surface area contributed by atoms with Gasteiger partial charge in [0.25, 0.3) is 0 Å². The van der Waals surface area contributed by atoms with Crippen molar-refractivity contribution in [3.05, 3.63) is 0 Å². The molecule has 1 aliphatic heterocycles. The minimum absolute atomic E-state index is 0.135. The zero-order valence-electron chi connectivity index (χ0n) is 8.48. The third kappa shape index (κ3) is 1.77. The Morgan fingerprint density at radius 2 is 2.07 bits per heavy atom. The second-order valence-electron chi connectivity index (χ2n) is 4.10. The van der Waals surface area contributed by atoms with Gasteiger partial charge in [-0.15, -0.1) is 0 Å². The summed E-state index contributed by atoms with van der Waals surface area (Å²) in [7, 11) is 0. The van der Waals surface area contributed by atoms with Crippen LogP contribution in [0.25, 0.3) is 0 Å². The molecule has 2 fully saturated rings. The molecule has 0 aromatic carbocycles. The zero-order valence-corrected chi connectivity index (χ0v) is 8.48. The van der Waals surface area contributed by atoms with Gasteiger partial charge < -0.3 is 5.11 Å². The molecule has 4 nitrogen and oxygen atoms in total. The van der Waals surface area contributed by atoms with E-state index >= 15 is 0 Å². The minimum Gasteiger partial charge on any atom is -0.395 e. The van der Waals surface area contributed by atoms with Crippen molar-refractivity contribution < 1.29 is 9.90 Å². The van der Waals surface area contributed by atoms with Crippen LogP contribution in [0.2, 0.25) is 0 Å². The Morgan fingerprint density at radius 3 is 2.71 bits per heavy atom. The summed E-state index contributed by atoms with van der Waals surface area (Å²) in [6.07, 6.45) is 5.36. The van der Waals surface area contributed by atoms with Crippen molar-refractivity contribution in [2.75, 3.05) is 19.7 Å². The van der Waals surface area contributed by atoms with Gasteiger partial charge in [0.15, 0.2) is 0 Å². The van der Waals surface area contributed by atoms with Gasteiger partial charge in [0.2, 0.25) is 5.91 Å². The van der Waals surface area contributed by atoms with Crippen molar-refractivity contribution in [1.82, 2.24) is 10.0 Å². The Kier molecular flexibility index (Phi) is 3.03. The highest BCUT2D eigenvalue weighted by atomic mass is 16.3. The number of hydrogen-bond donors (Lipinski definition) is 1. The Labute approximate surface area is 84.5 Å². The standard InChI is InChI=1S/C10H18N2O2/c13-8-7-11-6-5-10(14)12(11)9-3-1-2-4-9/h9,13H,1-8H2. The predicted octanol–water partition coefficient (Wildman–Crippen LogP) is 0.371. The maximum absolute atomic E-state index is 11.6. The average molecular weight is 198 g/mol. The molecular formula is C10H18N2O2. The van der Waals surface area contributed by atoms with Crippen molar-refractivity contribution >= 4 is 5.91 Å². The normalized spacial score (nSPS) is 25.2. The van der Waals surface area contributed by atoms with Crippen molar-refractivity contribution in [3.8, 4) is 0 Å². The van der Waals surface area contributed by atoms with Gasteiger partial charge >= 0.3 is 0 Å². The maximum Gasteiger partial charge on any atom is 0.238 e. The molecule has 0 unspecified atom stereocenters. The van der Waals surface area contributed by atoms with Gasteiger partial charge in [-0.1, -0.05) is 12.8 Å². The molecule has 4 heteroatoms. The first-order chi connectivity index (χ1) is 6.83.